The molecule has 0 atom stereocenters. The molecular weight excluding hydrogens is 146 g/mol. The Bertz CT molecular complexity index is 145. The highest BCUT2D eigenvalue weighted by atomic mass is 15.2. The number of allylic oxidation sites excluding steroid dienone is 1. The molecule has 70 valence electrons. The molecule has 1 heterocycles. The minimum Gasteiger partial charge on any atom is -0.302 e. The maximum atomic E-state index is 3.78. The lowest BCUT2D eigenvalue weighted by Gasteiger charge is -2.50. The van der Waals surface area contributed by atoms with Gasteiger partial charge in [-0.05, 0) is 31.2 Å². The number of hydrogen-bond acceptors (Lipinski definition) is 1. The lowest BCUT2D eigenvalue weighted by Crippen LogP contribution is -2.55. The van der Waals surface area contributed by atoms with Crippen molar-refractivity contribution in [2.45, 2.75) is 33.1 Å². The summed E-state index contributed by atoms with van der Waals surface area (Å²) in [7, 11) is 0. The lowest BCUT2D eigenvalue weighted by atomic mass is 9.74. The van der Waals surface area contributed by atoms with E-state index in [1.807, 2.05) is 6.08 Å². The summed E-state index contributed by atoms with van der Waals surface area (Å²) in [5.41, 5.74) is 0.643. The fourth-order valence-corrected chi connectivity index (χ4v) is 2.09. The van der Waals surface area contributed by atoms with E-state index >= 15 is 0 Å². The van der Waals surface area contributed by atoms with Crippen LogP contribution in [0, 0.1) is 5.41 Å². The molecule has 0 aromatic carbocycles. The highest BCUT2D eigenvalue weighted by molar-refractivity contribution is 4.94. The number of hydrogen-bond donors (Lipinski definition) is 0. The molecule has 0 N–H and O–H groups in total. The standard InChI is InChI=1S/C11H21N/c1-4-7-8-11(5-2)9-12(6-3)10-11/h4H,1,5-10H2,2-3H3. The van der Waals surface area contributed by atoms with Crippen molar-refractivity contribution >= 4 is 0 Å². The Morgan fingerprint density at radius 1 is 1.42 bits per heavy atom. The molecule has 0 radical (unpaired) electrons. The van der Waals surface area contributed by atoms with Crippen LogP contribution in [0.3, 0.4) is 0 Å². The van der Waals surface area contributed by atoms with Gasteiger partial charge in [-0.2, -0.15) is 0 Å². The summed E-state index contributed by atoms with van der Waals surface area (Å²) < 4.78 is 0. The van der Waals surface area contributed by atoms with E-state index in [1.165, 1.54) is 38.9 Å². The summed E-state index contributed by atoms with van der Waals surface area (Å²) in [6.07, 6.45) is 5.90. The smallest absolute Gasteiger partial charge is 0.00504 e. The van der Waals surface area contributed by atoms with Crippen LogP contribution in [0.25, 0.3) is 0 Å². The molecule has 12 heavy (non-hydrogen) atoms. The van der Waals surface area contributed by atoms with Gasteiger partial charge < -0.3 is 4.90 Å². The first-order valence-corrected chi connectivity index (χ1v) is 5.09. The molecule has 1 fully saturated rings. The summed E-state index contributed by atoms with van der Waals surface area (Å²) in [6, 6.07) is 0. The quantitative estimate of drug-likeness (QED) is 0.569. The van der Waals surface area contributed by atoms with Crippen LogP contribution < -0.4 is 0 Å². The van der Waals surface area contributed by atoms with Crippen molar-refractivity contribution in [3.05, 3.63) is 12.7 Å². The number of nitrogens with zero attached hydrogens (tertiary/aromatic N) is 1. The van der Waals surface area contributed by atoms with Gasteiger partial charge in [-0.1, -0.05) is 19.9 Å². The molecule has 0 aromatic heterocycles. The van der Waals surface area contributed by atoms with E-state index in [9.17, 15) is 0 Å². The van der Waals surface area contributed by atoms with Crippen LogP contribution in [0.4, 0.5) is 0 Å². The van der Waals surface area contributed by atoms with Crippen molar-refractivity contribution in [3.8, 4) is 0 Å². The highest BCUT2D eigenvalue weighted by Gasteiger charge is 2.39. The maximum Gasteiger partial charge on any atom is 0.00504 e. The van der Waals surface area contributed by atoms with Gasteiger partial charge in [-0.15, -0.1) is 6.58 Å². The molecule has 1 rings (SSSR count). The van der Waals surface area contributed by atoms with Crippen LogP contribution in [0.1, 0.15) is 33.1 Å². The van der Waals surface area contributed by atoms with Gasteiger partial charge in [0, 0.05) is 13.1 Å². The third kappa shape index (κ3) is 1.89. The Balaban J connectivity index is 2.30. The van der Waals surface area contributed by atoms with E-state index < -0.39 is 0 Å². The normalized spacial score (nSPS) is 21.8. The topological polar surface area (TPSA) is 3.24 Å². The van der Waals surface area contributed by atoms with Crippen LogP contribution in [0.15, 0.2) is 12.7 Å². The SMILES string of the molecule is C=CCCC1(CC)CN(CC)C1. The van der Waals surface area contributed by atoms with E-state index in [0.29, 0.717) is 5.41 Å². The van der Waals surface area contributed by atoms with Crippen LogP contribution in [-0.4, -0.2) is 24.5 Å². The molecule has 1 aliphatic heterocycles. The van der Waals surface area contributed by atoms with Gasteiger partial charge in [-0.25, -0.2) is 0 Å². The second-order valence-electron chi connectivity index (χ2n) is 3.98. The Kier molecular flexibility index (Phi) is 3.33. The first-order valence-electron chi connectivity index (χ1n) is 5.09. The van der Waals surface area contributed by atoms with Crippen molar-refractivity contribution in [3.63, 3.8) is 0 Å². The van der Waals surface area contributed by atoms with Gasteiger partial charge in [0.1, 0.15) is 0 Å². The highest BCUT2D eigenvalue weighted by Crippen LogP contribution is 2.37. The van der Waals surface area contributed by atoms with E-state index in [4.69, 9.17) is 0 Å². The van der Waals surface area contributed by atoms with Crippen molar-refractivity contribution in [1.29, 1.82) is 0 Å². The monoisotopic (exact) mass is 167 g/mol. The van der Waals surface area contributed by atoms with Gasteiger partial charge in [0.05, 0.1) is 0 Å². The zero-order chi connectivity index (χ0) is 9.03. The molecule has 0 amide bonds. The predicted molar refractivity (Wildman–Crippen MR) is 54.3 cm³/mol. The second-order valence-corrected chi connectivity index (χ2v) is 3.98. The molecule has 1 nitrogen and oxygen atoms in total. The van der Waals surface area contributed by atoms with Gasteiger partial charge in [0.25, 0.3) is 0 Å². The largest absolute Gasteiger partial charge is 0.302 e. The Morgan fingerprint density at radius 3 is 2.50 bits per heavy atom. The molecule has 0 bridgehead atoms. The summed E-state index contributed by atoms with van der Waals surface area (Å²) in [4.78, 5) is 2.52. The van der Waals surface area contributed by atoms with Crippen LogP contribution in [0.5, 0.6) is 0 Å². The average Bonchev–Trinajstić information content (AvgIpc) is 2.04. The van der Waals surface area contributed by atoms with Crippen LogP contribution in [0.2, 0.25) is 0 Å². The molecule has 0 aliphatic carbocycles. The summed E-state index contributed by atoms with van der Waals surface area (Å²) in [5.74, 6) is 0. The predicted octanol–water partition coefficient (Wildman–Crippen LogP) is 2.68. The number of rotatable bonds is 5. The van der Waals surface area contributed by atoms with E-state index in [1.54, 1.807) is 0 Å². The maximum absolute atomic E-state index is 3.78. The average molecular weight is 167 g/mol. The van der Waals surface area contributed by atoms with E-state index in [2.05, 4.69) is 25.3 Å². The molecule has 1 saturated heterocycles. The molecule has 0 aromatic rings. The fourth-order valence-electron chi connectivity index (χ4n) is 2.09. The van der Waals surface area contributed by atoms with Crippen molar-refractivity contribution in [2.75, 3.05) is 19.6 Å². The third-order valence-corrected chi connectivity index (χ3v) is 3.19. The first kappa shape index (κ1) is 9.79. The Hall–Kier alpha value is -0.300. The summed E-state index contributed by atoms with van der Waals surface area (Å²) in [6.45, 7) is 12.2. The van der Waals surface area contributed by atoms with Gasteiger partial charge in [0.2, 0.25) is 0 Å². The van der Waals surface area contributed by atoms with Crippen molar-refractivity contribution in [1.82, 2.24) is 4.90 Å². The number of likely N-dealkylation sites (tertiary alicyclic amines) is 1. The van der Waals surface area contributed by atoms with Crippen LogP contribution in [-0.2, 0) is 0 Å². The lowest BCUT2D eigenvalue weighted by molar-refractivity contribution is -0.00468. The van der Waals surface area contributed by atoms with Gasteiger partial charge in [0.15, 0.2) is 0 Å². The molecule has 0 unspecified atom stereocenters. The van der Waals surface area contributed by atoms with Gasteiger partial charge in [-0.3, -0.25) is 0 Å². The van der Waals surface area contributed by atoms with Crippen LogP contribution >= 0.6 is 0 Å². The molecule has 0 spiro atoms. The molecule has 1 heteroatoms. The van der Waals surface area contributed by atoms with Gasteiger partial charge >= 0.3 is 0 Å². The Labute approximate surface area is 76.5 Å². The fraction of sp³-hybridized carbons (Fsp3) is 0.818. The summed E-state index contributed by atoms with van der Waals surface area (Å²) in [5, 5.41) is 0. The van der Waals surface area contributed by atoms with Crippen molar-refractivity contribution < 1.29 is 0 Å². The third-order valence-electron chi connectivity index (χ3n) is 3.19. The molecule has 0 saturated carbocycles. The zero-order valence-corrected chi connectivity index (χ0v) is 8.47. The summed E-state index contributed by atoms with van der Waals surface area (Å²) >= 11 is 0. The molecule has 1 aliphatic rings. The van der Waals surface area contributed by atoms with Crippen molar-refractivity contribution in [2.24, 2.45) is 5.41 Å². The first-order chi connectivity index (χ1) is 5.76. The van der Waals surface area contributed by atoms with E-state index in [0.717, 1.165) is 0 Å². The minimum atomic E-state index is 0.643. The van der Waals surface area contributed by atoms with E-state index in [-0.39, 0.29) is 0 Å². The minimum absolute atomic E-state index is 0.643. The Morgan fingerprint density at radius 2 is 2.08 bits per heavy atom. The molecular formula is C11H21N. The second kappa shape index (κ2) is 4.08. The zero-order valence-electron chi connectivity index (χ0n) is 8.47.